The minimum absolute atomic E-state index is 0.538. The highest BCUT2D eigenvalue weighted by Gasteiger charge is 2.12. The van der Waals surface area contributed by atoms with Crippen molar-refractivity contribution in [3.63, 3.8) is 0 Å². The van der Waals surface area contributed by atoms with Crippen molar-refractivity contribution < 1.29 is 4.42 Å². The highest BCUT2D eigenvalue weighted by molar-refractivity contribution is 6.32. The molecule has 0 amide bonds. The molecule has 0 unspecified atom stereocenters. The maximum atomic E-state index is 6.19. The van der Waals surface area contributed by atoms with E-state index in [-0.39, 0.29) is 0 Å². The minimum atomic E-state index is 0.538. The topological polar surface area (TPSA) is 54.2 Å². The molecule has 0 aliphatic heterocycles. The highest BCUT2D eigenvalue weighted by atomic mass is 35.5. The van der Waals surface area contributed by atoms with Crippen LogP contribution in [0.15, 0.2) is 22.9 Å². The molecule has 0 radical (unpaired) electrons. The summed E-state index contributed by atoms with van der Waals surface area (Å²) in [6.07, 6.45) is 4.33. The third-order valence-electron chi connectivity index (χ3n) is 2.99. The third kappa shape index (κ3) is 3.42. The van der Waals surface area contributed by atoms with Gasteiger partial charge in [-0.1, -0.05) is 18.5 Å². The Morgan fingerprint density at radius 3 is 2.90 bits per heavy atom. The molecule has 2 heterocycles. The van der Waals surface area contributed by atoms with Crippen LogP contribution in [-0.4, -0.2) is 23.6 Å². The van der Waals surface area contributed by atoms with Crippen molar-refractivity contribution in [1.82, 2.24) is 9.97 Å². The van der Waals surface area contributed by atoms with Gasteiger partial charge in [0.05, 0.1) is 12.5 Å². The summed E-state index contributed by atoms with van der Waals surface area (Å²) >= 11 is 6.19. The number of anilines is 2. The summed E-state index contributed by atoms with van der Waals surface area (Å²) in [5.41, 5.74) is 1.12. The van der Waals surface area contributed by atoms with Crippen molar-refractivity contribution in [2.24, 2.45) is 0 Å². The van der Waals surface area contributed by atoms with Crippen molar-refractivity contribution >= 4 is 23.4 Å². The molecule has 0 saturated carbocycles. The van der Waals surface area contributed by atoms with E-state index < -0.39 is 0 Å². The molecule has 0 fully saturated rings. The van der Waals surface area contributed by atoms with Crippen LogP contribution in [0.3, 0.4) is 0 Å². The van der Waals surface area contributed by atoms with Crippen LogP contribution in [0.4, 0.5) is 11.8 Å². The van der Waals surface area contributed by atoms with Crippen LogP contribution in [-0.2, 0) is 6.54 Å². The molecule has 6 heteroatoms. The van der Waals surface area contributed by atoms with E-state index in [2.05, 4.69) is 22.2 Å². The van der Waals surface area contributed by atoms with E-state index in [4.69, 9.17) is 16.0 Å². The zero-order valence-corrected chi connectivity index (χ0v) is 12.7. The van der Waals surface area contributed by atoms with Crippen LogP contribution in [0.25, 0.3) is 0 Å². The van der Waals surface area contributed by atoms with Gasteiger partial charge in [-0.25, -0.2) is 4.98 Å². The molecule has 0 aromatic carbocycles. The van der Waals surface area contributed by atoms with Gasteiger partial charge >= 0.3 is 0 Å². The average molecular weight is 295 g/mol. The molecule has 0 aliphatic carbocycles. The Bertz CT molecular complexity index is 570. The van der Waals surface area contributed by atoms with Crippen molar-refractivity contribution in [2.75, 3.05) is 23.8 Å². The summed E-state index contributed by atoms with van der Waals surface area (Å²) in [5, 5.41) is 3.70. The fourth-order valence-electron chi connectivity index (χ4n) is 1.85. The van der Waals surface area contributed by atoms with Gasteiger partial charge in [-0.05, 0) is 19.4 Å². The van der Waals surface area contributed by atoms with Gasteiger partial charge in [0.2, 0.25) is 5.95 Å². The van der Waals surface area contributed by atoms with Gasteiger partial charge in [0.15, 0.2) is 5.82 Å². The molecule has 0 aliphatic rings. The number of nitrogens with zero attached hydrogens (tertiary/aromatic N) is 3. The molecule has 108 valence electrons. The standard InChI is InChI=1S/C14H19ClN4O/c1-4-6-16-14-17-8-12(15)13(18-14)19(3)9-11-5-7-20-10(11)2/h5,7-8H,4,6,9H2,1-3H3,(H,16,17,18). The molecule has 0 spiro atoms. The summed E-state index contributed by atoms with van der Waals surface area (Å²) in [6, 6.07) is 1.96. The van der Waals surface area contributed by atoms with E-state index >= 15 is 0 Å². The Hall–Kier alpha value is -1.75. The molecule has 0 saturated heterocycles. The van der Waals surface area contributed by atoms with Crippen molar-refractivity contribution in [2.45, 2.75) is 26.8 Å². The van der Waals surface area contributed by atoms with E-state index in [0.29, 0.717) is 23.3 Å². The van der Waals surface area contributed by atoms with Crippen molar-refractivity contribution in [3.05, 3.63) is 34.9 Å². The van der Waals surface area contributed by atoms with E-state index in [9.17, 15) is 0 Å². The molecule has 0 bridgehead atoms. The minimum Gasteiger partial charge on any atom is -0.469 e. The van der Waals surface area contributed by atoms with Crippen LogP contribution in [0.1, 0.15) is 24.7 Å². The Balaban J connectivity index is 2.15. The summed E-state index contributed by atoms with van der Waals surface area (Å²) in [6.45, 7) is 5.56. The predicted octanol–water partition coefficient (Wildman–Crippen LogP) is 3.49. The number of aryl methyl sites for hydroxylation is 1. The molecule has 2 rings (SSSR count). The van der Waals surface area contributed by atoms with E-state index in [1.165, 1.54) is 0 Å². The summed E-state index contributed by atoms with van der Waals surface area (Å²) < 4.78 is 5.30. The zero-order valence-electron chi connectivity index (χ0n) is 12.0. The summed E-state index contributed by atoms with van der Waals surface area (Å²) in [5.74, 6) is 2.22. The smallest absolute Gasteiger partial charge is 0.224 e. The predicted molar refractivity (Wildman–Crippen MR) is 81.4 cm³/mol. The van der Waals surface area contributed by atoms with Crippen LogP contribution < -0.4 is 10.2 Å². The first-order valence-electron chi connectivity index (χ1n) is 6.62. The molecule has 20 heavy (non-hydrogen) atoms. The maximum Gasteiger partial charge on any atom is 0.224 e. The monoisotopic (exact) mass is 294 g/mol. The average Bonchev–Trinajstić information content (AvgIpc) is 2.83. The van der Waals surface area contributed by atoms with Crippen molar-refractivity contribution in [3.8, 4) is 0 Å². The lowest BCUT2D eigenvalue weighted by Gasteiger charge is -2.19. The quantitative estimate of drug-likeness (QED) is 0.884. The van der Waals surface area contributed by atoms with E-state index in [0.717, 1.165) is 24.3 Å². The second kappa shape index (κ2) is 6.61. The Morgan fingerprint density at radius 2 is 2.25 bits per heavy atom. The highest BCUT2D eigenvalue weighted by Crippen LogP contribution is 2.24. The SMILES string of the molecule is CCCNc1ncc(Cl)c(N(C)Cc2ccoc2C)n1. The van der Waals surface area contributed by atoms with Crippen LogP contribution in [0.5, 0.6) is 0 Å². The fraction of sp³-hybridized carbons (Fsp3) is 0.429. The maximum absolute atomic E-state index is 6.19. The first kappa shape index (κ1) is 14.7. The number of hydrogen-bond acceptors (Lipinski definition) is 5. The van der Waals surface area contributed by atoms with Crippen LogP contribution in [0, 0.1) is 6.92 Å². The molecular formula is C14H19ClN4O. The fourth-order valence-corrected chi connectivity index (χ4v) is 2.09. The third-order valence-corrected chi connectivity index (χ3v) is 3.26. The number of aromatic nitrogens is 2. The Morgan fingerprint density at radius 1 is 1.45 bits per heavy atom. The van der Waals surface area contributed by atoms with Gasteiger partial charge in [0.25, 0.3) is 0 Å². The van der Waals surface area contributed by atoms with E-state index in [1.54, 1.807) is 12.5 Å². The van der Waals surface area contributed by atoms with Gasteiger partial charge in [-0.15, -0.1) is 0 Å². The number of rotatable bonds is 6. The summed E-state index contributed by atoms with van der Waals surface area (Å²) in [7, 11) is 1.95. The second-order valence-electron chi connectivity index (χ2n) is 4.65. The van der Waals surface area contributed by atoms with Crippen molar-refractivity contribution in [1.29, 1.82) is 0 Å². The van der Waals surface area contributed by atoms with Gasteiger partial charge < -0.3 is 14.6 Å². The lowest BCUT2D eigenvalue weighted by Crippen LogP contribution is -2.19. The zero-order chi connectivity index (χ0) is 14.5. The molecule has 2 aromatic rings. The van der Waals surface area contributed by atoms with Gasteiger partial charge in [0.1, 0.15) is 10.8 Å². The van der Waals surface area contributed by atoms with Gasteiger partial charge in [-0.2, -0.15) is 4.98 Å². The summed E-state index contributed by atoms with van der Waals surface area (Å²) in [4.78, 5) is 10.6. The molecule has 0 atom stereocenters. The van der Waals surface area contributed by atoms with E-state index in [1.807, 2.05) is 24.9 Å². The van der Waals surface area contributed by atoms with Gasteiger partial charge in [-0.3, -0.25) is 0 Å². The molecular weight excluding hydrogens is 276 g/mol. The number of halogens is 1. The number of hydrogen-bond donors (Lipinski definition) is 1. The number of nitrogens with one attached hydrogen (secondary N) is 1. The first-order valence-corrected chi connectivity index (χ1v) is 7.00. The van der Waals surface area contributed by atoms with Crippen LogP contribution in [0.2, 0.25) is 5.02 Å². The molecule has 1 N–H and O–H groups in total. The largest absolute Gasteiger partial charge is 0.469 e. The lowest BCUT2D eigenvalue weighted by atomic mass is 10.2. The van der Waals surface area contributed by atoms with Crippen LogP contribution >= 0.6 is 11.6 Å². The second-order valence-corrected chi connectivity index (χ2v) is 5.06. The molecule has 5 nitrogen and oxygen atoms in total. The molecule has 2 aromatic heterocycles. The first-order chi connectivity index (χ1) is 9.61. The lowest BCUT2D eigenvalue weighted by molar-refractivity contribution is 0.529. The van der Waals surface area contributed by atoms with Gasteiger partial charge in [0, 0.05) is 25.7 Å². The number of furan rings is 1. The normalized spacial score (nSPS) is 10.6. The Labute approximate surface area is 124 Å². The Kier molecular flexibility index (Phi) is 4.84.